The number of para-hydroxylation sites is 1. The van der Waals surface area contributed by atoms with Crippen LogP contribution in [0.1, 0.15) is 5.76 Å². The molecule has 4 aromatic rings. The molecular weight excluding hydrogens is 390 g/mol. The fraction of sp³-hybridized carbons (Fsp3) is 0.0952. The van der Waals surface area contributed by atoms with Crippen molar-refractivity contribution < 1.29 is 18.4 Å². The Kier molecular flexibility index (Phi) is 5.62. The first-order valence-corrected chi connectivity index (χ1v) is 9.79. The van der Waals surface area contributed by atoms with Crippen LogP contribution in [-0.2, 0) is 4.79 Å². The summed E-state index contributed by atoms with van der Waals surface area (Å²) in [6.07, 6.45) is 1.56. The van der Waals surface area contributed by atoms with Crippen LogP contribution in [0.2, 0.25) is 0 Å². The van der Waals surface area contributed by atoms with Gasteiger partial charge in [-0.1, -0.05) is 30.0 Å². The van der Waals surface area contributed by atoms with Crippen molar-refractivity contribution in [1.29, 1.82) is 0 Å². The van der Waals surface area contributed by atoms with Gasteiger partial charge in [0.15, 0.2) is 0 Å². The molecule has 0 aliphatic carbocycles. The number of carbonyl (C=O) groups is 1. The minimum atomic E-state index is -0.175. The zero-order valence-electron chi connectivity index (χ0n) is 15.5. The van der Waals surface area contributed by atoms with Gasteiger partial charge in [0.05, 0.1) is 17.6 Å². The minimum absolute atomic E-state index is 0.147. The van der Waals surface area contributed by atoms with Crippen molar-refractivity contribution in [3.8, 4) is 23.0 Å². The zero-order valence-corrected chi connectivity index (χ0v) is 16.3. The van der Waals surface area contributed by atoms with Crippen molar-refractivity contribution in [2.75, 3.05) is 11.1 Å². The van der Waals surface area contributed by atoms with Gasteiger partial charge in [-0.05, 0) is 49.4 Å². The van der Waals surface area contributed by atoms with Crippen molar-refractivity contribution in [1.82, 2.24) is 10.2 Å². The van der Waals surface area contributed by atoms with E-state index in [4.69, 9.17) is 13.6 Å². The number of thioether (sulfide) groups is 1. The molecule has 8 heteroatoms. The first-order valence-electron chi connectivity index (χ1n) is 8.81. The fourth-order valence-corrected chi connectivity index (χ4v) is 3.10. The van der Waals surface area contributed by atoms with E-state index in [1.807, 2.05) is 37.3 Å². The summed E-state index contributed by atoms with van der Waals surface area (Å²) < 4.78 is 16.5. The highest BCUT2D eigenvalue weighted by molar-refractivity contribution is 7.99. The molecule has 2 heterocycles. The summed E-state index contributed by atoms with van der Waals surface area (Å²) in [7, 11) is 0. The Morgan fingerprint density at radius 2 is 1.79 bits per heavy atom. The van der Waals surface area contributed by atoms with Crippen LogP contribution in [0.3, 0.4) is 0 Å². The first-order chi connectivity index (χ1) is 14.2. The molecule has 0 unspecified atom stereocenters. The lowest BCUT2D eigenvalue weighted by Gasteiger charge is -2.07. The van der Waals surface area contributed by atoms with Crippen LogP contribution < -0.4 is 10.1 Å². The molecule has 0 bridgehead atoms. The summed E-state index contributed by atoms with van der Waals surface area (Å²) >= 11 is 1.17. The number of hydrogen-bond donors (Lipinski definition) is 1. The molecule has 146 valence electrons. The number of aromatic nitrogens is 2. The Balaban J connectivity index is 1.29. The number of hydrogen-bond acceptors (Lipinski definition) is 7. The Morgan fingerprint density at radius 3 is 2.52 bits per heavy atom. The minimum Gasteiger partial charge on any atom is -0.469 e. The summed E-state index contributed by atoms with van der Waals surface area (Å²) in [5, 5.41) is 11.1. The van der Waals surface area contributed by atoms with Crippen LogP contribution in [0.15, 0.2) is 81.0 Å². The van der Waals surface area contributed by atoms with E-state index in [0.717, 1.165) is 11.3 Å². The van der Waals surface area contributed by atoms with E-state index in [-0.39, 0.29) is 11.7 Å². The van der Waals surface area contributed by atoms with Crippen molar-refractivity contribution >= 4 is 23.4 Å². The summed E-state index contributed by atoms with van der Waals surface area (Å²) in [6.45, 7) is 1.82. The van der Waals surface area contributed by atoms with Crippen molar-refractivity contribution in [3.05, 3.63) is 72.7 Å². The molecule has 29 heavy (non-hydrogen) atoms. The predicted molar refractivity (Wildman–Crippen MR) is 109 cm³/mol. The number of benzene rings is 2. The van der Waals surface area contributed by atoms with E-state index in [0.29, 0.717) is 28.3 Å². The van der Waals surface area contributed by atoms with E-state index in [1.54, 1.807) is 36.6 Å². The van der Waals surface area contributed by atoms with Gasteiger partial charge in [-0.3, -0.25) is 4.79 Å². The maximum absolute atomic E-state index is 12.2. The topological polar surface area (TPSA) is 90.4 Å². The molecule has 0 aliphatic heterocycles. The van der Waals surface area contributed by atoms with Crippen molar-refractivity contribution in [3.63, 3.8) is 0 Å². The fourth-order valence-electron chi connectivity index (χ4n) is 2.54. The highest BCUT2D eigenvalue weighted by Gasteiger charge is 2.14. The molecule has 2 aromatic carbocycles. The number of rotatable bonds is 7. The summed E-state index contributed by atoms with van der Waals surface area (Å²) in [5.74, 6) is 2.48. The summed E-state index contributed by atoms with van der Waals surface area (Å²) in [4.78, 5) is 12.2. The number of nitrogens with zero attached hydrogens (tertiary/aromatic N) is 2. The maximum Gasteiger partial charge on any atom is 0.277 e. The number of aryl methyl sites for hydroxylation is 1. The number of anilines is 1. The second-order valence-electron chi connectivity index (χ2n) is 6.04. The molecule has 0 fully saturated rings. The maximum atomic E-state index is 12.2. The van der Waals surface area contributed by atoms with Crippen LogP contribution in [0, 0.1) is 6.92 Å². The Hall–Kier alpha value is -3.52. The lowest BCUT2D eigenvalue weighted by Crippen LogP contribution is -2.13. The number of furan rings is 1. The third-order valence-corrected chi connectivity index (χ3v) is 4.76. The van der Waals surface area contributed by atoms with Crippen LogP contribution in [0.25, 0.3) is 11.5 Å². The Labute approximate surface area is 171 Å². The normalized spacial score (nSPS) is 10.7. The second kappa shape index (κ2) is 8.66. The molecule has 7 nitrogen and oxygen atoms in total. The summed E-state index contributed by atoms with van der Waals surface area (Å²) in [6, 6.07) is 18.4. The number of nitrogens with one attached hydrogen (secondary N) is 1. The smallest absolute Gasteiger partial charge is 0.277 e. The lowest BCUT2D eigenvalue weighted by molar-refractivity contribution is -0.113. The standard InChI is InChI=1S/C21H17N3O4S/c1-14-18(11-12-26-14)20-23-24-21(28-20)29-13-19(25)22-15-7-9-17(10-8-15)27-16-5-3-2-4-6-16/h2-12H,13H2,1H3,(H,22,25). The molecule has 1 N–H and O–H groups in total. The van der Waals surface area contributed by atoms with Gasteiger partial charge in [-0.2, -0.15) is 0 Å². The molecule has 0 spiro atoms. The number of carbonyl (C=O) groups excluding carboxylic acids is 1. The molecule has 4 rings (SSSR count). The lowest BCUT2D eigenvalue weighted by atomic mass is 10.3. The Bertz CT molecular complexity index is 1090. The van der Waals surface area contributed by atoms with Gasteiger partial charge in [0.1, 0.15) is 17.3 Å². The second-order valence-corrected chi connectivity index (χ2v) is 6.97. The number of amides is 1. The zero-order chi connectivity index (χ0) is 20.1. The quantitative estimate of drug-likeness (QED) is 0.423. The first kappa shape index (κ1) is 18.8. The largest absolute Gasteiger partial charge is 0.469 e. The highest BCUT2D eigenvalue weighted by atomic mass is 32.2. The third-order valence-electron chi connectivity index (χ3n) is 3.94. The molecule has 2 aromatic heterocycles. The van der Waals surface area contributed by atoms with Gasteiger partial charge in [-0.25, -0.2) is 0 Å². The Morgan fingerprint density at radius 1 is 1.03 bits per heavy atom. The average molecular weight is 407 g/mol. The van der Waals surface area contributed by atoms with E-state index in [1.165, 1.54) is 11.8 Å². The predicted octanol–water partition coefficient (Wildman–Crippen LogP) is 5.16. The van der Waals surface area contributed by atoms with Crippen LogP contribution in [0.5, 0.6) is 11.5 Å². The van der Waals surface area contributed by atoms with Crippen LogP contribution in [0.4, 0.5) is 5.69 Å². The van der Waals surface area contributed by atoms with Crippen molar-refractivity contribution in [2.24, 2.45) is 0 Å². The van der Waals surface area contributed by atoms with Crippen LogP contribution >= 0.6 is 11.8 Å². The van der Waals surface area contributed by atoms with Gasteiger partial charge in [0, 0.05) is 5.69 Å². The SMILES string of the molecule is Cc1occc1-c1nnc(SCC(=O)Nc2ccc(Oc3ccccc3)cc2)o1. The van der Waals surface area contributed by atoms with E-state index in [2.05, 4.69) is 15.5 Å². The van der Waals surface area contributed by atoms with Gasteiger partial charge in [0.25, 0.3) is 11.1 Å². The monoisotopic (exact) mass is 407 g/mol. The molecule has 0 atom stereocenters. The van der Waals surface area contributed by atoms with E-state index in [9.17, 15) is 4.79 Å². The van der Waals surface area contributed by atoms with E-state index < -0.39 is 0 Å². The molecule has 1 amide bonds. The molecule has 0 saturated carbocycles. The molecule has 0 radical (unpaired) electrons. The van der Waals surface area contributed by atoms with Gasteiger partial charge >= 0.3 is 0 Å². The summed E-state index contributed by atoms with van der Waals surface area (Å²) in [5.41, 5.74) is 1.42. The van der Waals surface area contributed by atoms with Gasteiger partial charge in [0.2, 0.25) is 5.91 Å². The third kappa shape index (κ3) is 4.85. The van der Waals surface area contributed by atoms with Crippen LogP contribution in [-0.4, -0.2) is 21.9 Å². The van der Waals surface area contributed by atoms with Crippen molar-refractivity contribution in [2.45, 2.75) is 12.1 Å². The average Bonchev–Trinajstić information content (AvgIpc) is 3.37. The van der Waals surface area contributed by atoms with E-state index >= 15 is 0 Å². The molecular formula is C21H17N3O4S. The molecule has 0 saturated heterocycles. The number of ether oxygens (including phenoxy) is 1. The van der Waals surface area contributed by atoms with Gasteiger partial charge in [-0.15, -0.1) is 10.2 Å². The molecule has 0 aliphatic rings. The van der Waals surface area contributed by atoms with Gasteiger partial charge < -0.3 is 18.9 Å². The highest BCUT2D eigenvalue weighted by Crippen LogP contribution is 2.26.